The van der Waals surface area contributed by atoms with Gasteiger partial charge in [-0.3, -0.25) is 9.51 Å². The van der Waals surface area contributed by atoms with E-state index in [0.717, 1.165) is 0 Å². The van der Waals surface area contributed by atoms with E-state index in [1.54, 1.807) is 6.92 Å². The molecule has 1 aromatic heterocycles. The minimum atomic E-state index is -0.582. The van der Waals surface area contributed by atoms with Gasteiger partial charge in [0, 0.05) is 0 Å². The number of hydrogen-bond donors (Lipinski definition) is 4. The normalized spacial score (nSPS) is 11.6. The van der Waals surface area contributed by atoms with Crippen molar-refractivity contribution in [2.75, 3.05) is 0 Å². The first-order valence-corrected chi connectivity index (χ1v) is 3.50. The van der Waals surface area contributed by atoms with Gasteiger partial charge in [0.1, 0.15) is 5.84 Å². The molecule has 0 bridgehead atoms. The van der Waals surface area contributed by atoms with Gasteiger partial charge >= 0.3 is 5.76 Å². The Labute approximate surface area is 73.1 Å². The predicted octanol–water partition coefficient (Wildman–Crippen LogP) is -1.75. The van der Waals surface area contributed by atoms with Crippen LogP contribution in [0.4, 0.5) is 0 Å². The summed E-state index contributed by atoms with van der Waals surface area (Å²) in [5.41, 5.74) is 5.37. The van der Waals surface area contributed by atoms with Crippen molar-refractivity contribution in [3.05, 3.63) is 16.4 Å². The van der Waals surface area contributed by atoms with Gasteiger partial charge in [-0.2, -0.15) is 5.10 Å². The van der Waals surface area contributed by atoms with Crippen LogP contribution in [-0.4, -0.2) is 16.0 Å². The summed E-state index contributed by atoms with van der Waals surface area (Å²) in [5, 5.41) is 6.77. The Morgan fingerprint density at radius 3 is 3.15 bits per heavy atom. The van der Waals surface area contributed by atoms with Crippen molar-refractivity contribution < 1.29 is 4.52 Å². The Hall–Kier alpha value is -1.83. The van der Waals surface area contributed by atoms with Crippen LogP contribution in [-0.2, 0) is 6.54 Å². The van der Waals surface area contributed by atoms with Crippen LogP contribution < -0.4 is 22.5 Å². The minimum Gasteiger partial charge on any atom is -0.322 e. The molecule has 1 rings (SSSR count). The van der Waals surface area contributed by atoms with E-state index in [2.05, 4.69) is 30.6 Å². The molecule has 0 aliphatic rings. The maximum Gasteiger partial charge on any atom is 0.438 e. The number of aromatic nitrogens is 2. The molecule has 0 amide bonds. The molecule has 0 unspecified atom stereocenters. The van der Waals surface area contributed by atoms with E-state index in [4.69, 9.17) is 5.84 Å². The van der Waals surface area contributed by atoms with Crippen LogP contribution in [0.5, 0.6) is 0 Å². The number of hydrazine groups is 1. The second-order valence-corrected chi connectivity index (χ2v) is 2.23. The SMILES string of the molecule is C/C(=N/N)NNCc1noc(=O)[nH]1. The number of amidine groups is 1. The van der Waals surface area contributed by atoms with E-state index < -0.39 is 5.76 Å². The molecule has 0 radical (unpaired) electrons. The molecule has 8 heteroatoms. The third kappa shape index (κ3) is 2.95. The molecule has 1 heterocycles. The van der Waals surface area contributed by atoms with Gasteiger partial charge < -0.3 is 11.3 Å². The zero-order valence-electron chi connectivity index (χ0n) is 7.00. The monoisotopic (exact) mass is 186 g/mol. The molecule has 1 aromatic rings. The first-order chi connectivity index (χ1) is 6.22. The highest BCUT2D eigenvalue weighted by Gasteiger charge is 1.98. The molecule has 13 heavy (non-hydrogen) atoms. The summed E-state index contributed by atoms with van der Waals surface area (Å²) in [6.07, 6.45) is 0. The average Bonchev–Trinajstić information content (AvgIpc) is 2.51. The molecule has 72 valence electrons. The second kappa shape index (κ2) is 4.26. The number of hydrogen-bond acceptors (Lipinski definition) is 6. The zero-order valence-corrected chi connectivity index (χ0v) is 7.00. The van der Waals surface area contributed by atoms with Crippen molar-refractivity contribution in [1.82, 2.24) is 21.0 Å². The maximum atomic E-state index is 10.5. The Morgan fingerprint density at radius 2 is 2.62 bits per heavy atom. The summed E-state index contributed by atoms with van der Waals surface area (Å²) in [5.74, 6) is 5.28. The standard InChI is InChI=1S/C5H10N6O2/c1-3(9-6)10-7-2-4-8-5(12)13-11-4/h7H,2,6H2,1H3,(H,9,10)(H,8,11,12). The lowest BCUT2D eigenvalue weighted by Crippen LogP contribution is -2.36. The number of nitrogens with two attached hydrogens (primary N) is 1. The molecule has 0 aromatic carbocycles. The lowest BCUT2D eigenvalue weighted by molar-refractivity contribution is 0.379. The molecule has 0 atom stereocenters. The fraction of sp³-hybridized carbons (Fsp3) is 0.400. The highest BCUT2D eigenvalue weighted by Crippen LogP contribution is 1.79. The van der Waals surface area contributed by atoms with Gasteiger partial charge in [-0.1, -0.05) is 5.16 Å². The van der Waals surface area contributed by atoms with E-state index in [9.17, 15) is 4.79 Å². The third-order valence-electron chi connectivity index (χ3n) is 1.20. The van der Waals surface area contributed by atoms with Crippen molar-refractivity contribution in [3.8, 4) is 0 Å². The lowest BCUT2D eigenvalue weighted by Gasteiger charge is -2.03. The van der Waals surface area contributed by atoms with Gasteiger partial charge in [-0.15, -0.1) is 0 Å². The first-order valence-electron chi connectivity index (χ1n) is 3.50. The summed E-state index contributed by atoms with van der Waals surface area (Å²) in [6, 6.07) is 0. The first kappa shape index (κ1) is 9.26. The number of H-pyrrole nitrogens is 1. The molecule has 5 N–H and O–H groups in total. The quantitative estimate of drug-likeness (QED) is 0.192. The van der Waals surface area contributed by atoms with E-state index in [-0.39, 0.29) is 0 Å². The van der Waals surface area contributed by atoms with Crippen LogP contribution >= 0.6 is 0 Å². The van der Waals surface area contributed by atoms with E-state index in [1.165, 1.54) is 0 Å². The summed E-state index contributed by atoms with van der Waals surface area (Å²) in [7, 11) is 0. The fourth-order valence-corrected chi connectivity index (χ4v) is 0.625. The molecule has 0 saturated heterocycles. The highest BCUT2D eigenvalue weighted by atomic mass is 16.5. The molecule has 0 fully saturated rings. The number of hydrazone groups is 1. The van der Waals surface area contributed by atoms with Crippen LogP contribution in [0.3, 0.4) is 0 Å². The van der Waals surface area contributed by atoms with Crippen LogP contribution in [0.15, 0.2) is 14.4 Å². The van der Waals surface area contributed by atoms with Crippen molar-refractivity contribution >= 4 is 5.84 Å². The Balaban J connectivity index is 2.32. The zero-order chi connectivity index (χ0) is 9.68. The van der Waals surface area contributed by atoms with Gasteiger partial charge in [0.15, 0.2) is 5.82 Å². The van der Waals surface area contributed by atoms with Crippen LogP contribution in [0, 0.1) is 0 Å². The Kier molecular flexibility index (Phi) is 3.03. The van der Waals surface area contributed by atoms with Gasteiger partial charge in [-0.25, -0.2) is 10.2 Å². The van der Waals surface area contributed by atoms with Crippen LogP contribution in [0.25, 0.3) is 0 Å². The number of nitrogens with one attached hydrogen (secondary N) is 3. The molecule has 0 spiro atoms. The molecular weight excluding hydrogens is 176 g/mol. The molecule has 0 saturated carbocycles. The van der Waals surface area contributed by atoms with Crippen molar-refractivity contribution in [1.29, 1.82) is 0 Å². The average molecular weight is 186 g/mol. The largest absolute Gasteiger partial charge is 0.438 e. The second-order valence-electron chi connectivity index (χ2n) is 2.23. The van der Waals surface area contributed by atoms with Crippen molar-refractivity contribution in [2.45, 2.75) is 13.5 Å². The van der Waals surface area contributed by atoms with Crippen LogP contribution in [0.2, 0.25) is 0 Å². The van der Waals surface area contributed by atoms with Gasteiger partial charge in [0.05, 0.1) is 6.54 Å². The van der Waals surface area contributed by atoms with Crippen molar-refractivity contribution in [2.24, 2.45) is 10.9 Å². The predicted molar refractivity (Wildman–Crippen MR) is 44.4 cm³/mol. The molecular formula is C5H10N6O2. The molecule has 0 aliphatic heterocycles. The van der Waals surface area contributed by atoms with Gasteiger partial charge in [0.2, 0.25) is 0 Å². The summed E-state index contributed by atoms with van der Waals surface area (Å²) >= 11 is 0. The van der Waals surface area contributed by atoms with Gasteiger partial charge in [-0.05, 0) is 6.92 Å². The number of rotatable bonds is 3. The van der Waals surface area contributed by atoms with Crippen LogP contribution in [0.1, 0.15) is 12.7 Å². The smallest absolute Gasteiger partial charge is 0.322 e. The maximum absolute atomic E-state index is 10.5. The summed E-state index contributed by atoms with van der Waals surface area (Å²) in [6.45, 7) is 1.98. The summed E-state index contributed by atoms with van der Waals surface area (Å²) < 4.78 is 4.26. The highest BCUT2D eigenvalue weighted by molar-refractivity contribution is 5.78. The number of nitrogens with zero attached hydrogens (tertiary/aromatic N) is 2. The van der Waals surface area contributed by atoms with E-state index in [1.807, 2.05) is 0 Å². The third-order valence-corrected chi connectivity index (χ3v) is 1.20. The molecule has 8 nitrogen and oxygen atoms in total. The van der Waals surface area contributed by atoms with Crippen molar-refractivity contribution in [3.63, 3.8) is 0 Å². The molecule has 0 aliphatic carbocycles. The Morgan fingerprint density at radius 1 is 1.85 bits per heavy atom. The minimum absolute atomic E-state index is 0.304. The lowest BCUT2D eigenvalue weighted by atomic mass is 10.6. The topological polar surface area (TPSA) is 121 Å². The Bertz CT molecular complexity index is 339. The number of aromatic amines is 1. The van der Waals surface area contributed by atoms with Gasteiger partial charge in [0.25, 0.3) is 0 Å². The summed E-state index contributed by atoms with van der Waals surface area (Å²) in [4.78, 5) is 12.8. The van der Waals surface area contributed by atoms with E-state index in [0.29, 0.717) is 18.2 Å². The van der Waals surface area contributed by atoms with E-state index >= 15 is 0 Å². The fourth-order valence-electron chi connectivity index (χ4n) is 0.625.